The Bertz CT molecular complexity index is 624. The van der Waals surface area contributed by atoms with Crippen molar-refractivity contribution in [3.8, 4) is 5.75 Å². The number of aromatic nitrogens is 2. The minimum absolute atomic E-state index is 0.254. The molecule has 0 saturated carbocycles. The summed E-state index contributed by atoms with van der Waals surface area (Å²) in [6.45, 7) is 4.09. The molecule has 0 aliphatic carbocycles. The average Bonchev–Trinajstić information content (AvgIpc) is 2.89. The van der Waals surface area contributed by atoms with Gasteiger partial charge in [-0.25, -0.2) is 4.39 Å². The Morgan fingerprint density at radius 2 is 2.25 bits per heavy atom. The van der Waals surface area contributed by atoms with Crippen molar-refractivity contribution in [3.05, 3.63) is 47.5 Å². The van der Waals surface area contributed by atoms with Crippen molar-refractivity contribution in [1.29, 1.82) is 0 Å². The fraction of sp³-hybridized carbons (Fsp3) is 0.400. The zero-order valence-electron chi connectivity index (χ0n) is 11.5. The first-order valence-corrected chi connectivity index (χ1v) is 6.73. The molecule has 20 heavy (non-hydrogen) atoms. The van der Waals surface area contributed by atoms with Gasteiger partial charge < -0.3 is 9.84 Å². The van der Waals surface area contributed by atoms with Crippen molar-refractivity contribution in [2.45, 2.75) is 38.5 Å². The van der Waals surface area contributed by atoms with Gasteiger partial charge in [0.15, 0.2) is 0 Å². The van der Waals surface area contributed by atoms with E-state index < -0.39 is 6.10 Å². The highest BCUT2D eigenvalue weighted by Crippen LogP contribution is 2.40. The summed E-state index contributed by atoms with van der Waals surface area (Å²) in [4.78, 5) is 0. The van der Waals surface area contributed by atoms with E-state index in [1.807, 2.05) is 24.7 Å². The minimum atomic E-state index is -0.721. The van der Waals surface area contributed by atoms with E-state index in [9.17, 15) is 9.50 Å². The van der Waals surface area contributed by atoms with Crippen LogP contribution in [0.1, 0.15) is 49.6 Å². The Kier molecular flexibility index (Phi) is 3.22. The van der Waals surface area contributed by atoms with Gasteiger partial charge in [-0.1, -0.05) is 0 Å². The molecule has 1 aromatic heterocycles. The van der Waals surface area contributed by atoms with Gasteiger partial charge in [0.25, 0.3) is 0 Å². The molecule has 4 nitrogen and oxygen atoms in total. The quantitative estimate of drug-likeness (QED) is 0.916. The molecule has 1 aliphatic rings. The third-order valence-corrected chi connectivity index (χ3v) is 3.56. The van der Waals surface area contributed by atoms with Crippen molar-refractivity contribution in [2.24, 2.45) is 0 Å². The Balaban J connectivity index is 1.88. The predicted octanol–water partition coefficient (Wildman–Crippen LogP) is 3.16. The molecule has 1 aromatic carbocycles. The lowest BCUT2D eigenvalue weighted by atomic mass is 9.96. The zero-order valence-corrected chi connectivity index (χ0v) is 11.5. The van der Waals surface area contributed by atoms with Crippen LogP contribution in [0.25, 0.3) is 0 Å². The van der Waals surface area contributed by atoms with Gasteiger partial charge in [-0.05, 0) is 32.0 Å². The molecule has 2 heterocycles. The van der Waals surface area contributed by atoms with E-state index in [2.05, 4.69) is 5.10 Å². The maximum Gasteiger partial charge on any atom is 0.130 e. The molecule has 1 N–H and O–H groups in total. The van der Waals surface area contributed by atoms with Crippen molar-refractivity contribution in [1.82, 2.24) is 9.78 Å². The smallest absolute Gasteiger partial charge is 0.130 e. The summed E-state index contributed by atoms with van der Waals surface area (Å²) in [5.74, 6) is 0.171. The van der Waals surface area contributed by atoms with Crippen molar-refractivity contribution < 1.29 is 14.2 Å². The van der Waals surface area contributed by atoms with Gasteiger partial charge in [0.05, 0.1) is 12.3 Å². The molecule has 1 aliphatic heterocycles. The first-order valence-electron chi connectivity index (χ1n) is 6.73. The molecule has 2 unspecified atom stereocenters. The summed E-state index contributed by atoms with van der Waals surface area (Å²) in [6, 6.07) is 4.50. The van der Waals surface area contributed by atoms with Crippen LogP contribution in [0.4, 0.5) is 4.39 Å². The highest BCUT2D eigenvalue weighted by Gasteiger charge is 2.29. The Morgan fingerprint density at radius 3 is 2.95 bits per heavy atom. The van der Waals surface area contributed by atoms with Gasteiger partial charge in [-0.15, -0.1) is 0 Å². The number of aliphatic hydroxyl groups excluding tert-OH is 1. The highest BCUT2D eigenvalue weighted by molar-refractivity contribution is 5.38. The van der Waals surface area contributed by atoms with Crippen molar-refractivity contribution >= 4 is 0 Å². The fourth-order valence-electron chi connectivity index (χ4n) is 2.42. The normalized spacial score (nSPS) is 21.6. The van der Waals surface area contributed by atoms with Crippen LogP contribution in [0.2, 0.25) is 0 Å². The molecule has 2 aromatic rings. The fourth-order valence-corrected chi connectivity index (χ4v) is 2.42. The summed E-state index contributed by atoms with van der Waals surface area (Å²) in [5, 5.41) is 14.4. The van der Waals surface area contributed by atoms with Crippen molar-refractivity contribution in [3.63, 3.8) is 0 Å². The molecule has 0 bridgehead atoms. The number of halogens is 1. The lowest BCUT2D eigenvalue weighted by Crippen LogP contribution is -2.19. The van der Waals surface area contributed by atoms with Crippen molar-refractivity contribution in [2.75, 3.05) is 0 Å². The summed E-state index contributed by atoms with van der Waals surface area (Å²) in [7, 11) is 0. The molecule has 0 radical (unpaired) electrons. The van der Waals surface area contributed by atoms with E-state index in [1.54, 1.807) is 12.3 Å². The number of rotatable bonds is 2. The second-order valence-corrected chi connectivity index (χ2v) is 5.39. The number of hydrogen-bond donors (Lipinski definition) is 1. The second-order valence-electron chi connectivity index (χ2n) is 5.39. The molecule has 0 fully saturated rings. The summed E-state index contributed by atoms with van der Waals surface area (Å²) in [5.41, 5.74) is 1.44. The van der Waals surface area contributed by atoms with E-state index >= 15 is 0 Å². The minimum Gasteiger partial charge on any atom is -0.485 e. The van der Waals surface area contributed by atoms with Crippen LogP contribution in [0.15, 0.2) is 30.6 Å². The van der Waals surface area contributed by atoms with E-state index in [1.165, 1.54) is 12.1 Å². The third kappa shape index (κ3) is 2.29. The lowest BCUT2D eigenvalue weighted by Gasteiger charge is -2.29. The Labute approximate surface area is 116 Å². The number of hydrogen-bond acceptors (Lipinski definition) is 3. The first kappa shape index (κ1) is 13.1. The third-order valence-electron chi connectivity index (χ3n) is 3.56. The highest BCUT2D eigenvalue weighted by atomic mass is 19.1. The lowest BCUT2D eigenvalue weighted by molar-refractivity contribution is 0.0653. The van der Waals surface area contributed by atoms with Gasteiger partial charge in [-0.3, -0.25) is 4.68 Å². The molecule has 106 valence electrons. The maximum atomic E-state index is 13.2. The number of benzene rings is 1. The molecule has 5 heteroatoms. The van der Waals surface area contributed by atoms with E-state index in [0.29, 0.717) is 17.7 Å². The molecular formula is C15H17FN2O2. The largest absolute Gasteiger partial charge is 0.485 e. The van der Waals surface area contributed by atoms with Crippen LogP contribution >= 0.6 is 0 Å². The van der Waals surface area contributed by atoms with Gasteiger partial charge in [0.2, 0.25) is 0 Å². The molecular weight excluding hydrogens is 259 g/mol. The van der Waals surface area contributed by atoms with Crippen LogP contribution in [0, 0.1) is 5.82 Å². The number of fused-ring (bicyclic) bond motifs is 1. The zero-order chi connectivity index (χ0) is 14.3. The van der Waals surface area contributed by atoms with E-state index in [0.717, 1.165) is 5.56 Å². The summed E-state index contributed by atoms with van der Waals surface area (Å²) >= 11 is 0. The average molecular weight is 276 g/mol. The summed E-state index contributed by atoms with van der Waals surface area (Å²) in [6.07, 6.45) is 3.11. The van der Waals surface area contributed by atoms with Crippen LogP contribution in [0.5, 0.6) is 5.75 Å². The van der Waals surface area contributed by atoms with Crippen LogP contribution in [-0.4, -0.2) is 14.9 Å². The maximum absolute atomic E-state index is 13.2. The topological polar surface area (TPSA) is 47.3 Å². The van der Waals surface area contributed by atoms with Gasteiger partial charge >= 0.3 is 0 Å². The first-order chi connectivity index (χ1) is 9.54. The molecule has 0 amide bonds. The molecule has 3 rings (SSSR count). The number of ether oxygens (including phenoxy) is 1. The number of aliphatic hydroxyl groups is 1. The molecule has 0 spiro atoms. The number of nitrogens with zero attached hydrogens (tertiary/aromatic N) is 2. The van der Waals surface area contributed by atoms with E-state index in [-0.39, 0.29) is 18.0 Å². The molecule has 0 saturated heterocycles. The van der Waals surface area contributed by atoms with Crippen LogP contribution < -0.4 is 4.74 Å². The van der Waals surface area contributed by atoms with E-state index in [4.69, 9.17) is 4.74 Å². The van der Waals surface area contributed by atoms with Gasteiger partial charge in [0, 0.05) is 29.8 Å². The molecule has 2 atom stereocenters. The Morgan fingerprint density at radius 1 is 1.45 bits per heavy atom. The summed E-state index contributed by atoms with van der Waals surface area (Å²) < 4.78 is 20.9. The SMILES string of the molecule is CC(C)n1cc(C2CC(O)c3cc(F)ccc3O2)cn1. The standard InChI is InChI=1S/C15H17FN2O2/c1-9(2)18-8-10(7-17-18)15-6-13(19)12-5-11(16)3-4-14(12)20-15/h3-5,7-9,13,15,19H,6H2,1-2H3. The second kappa shape index (κ2) is 4.90. The van der Waals surface area contributed by atoms with Crippen LogP contribution in [-0.2, 0) is 0 Å². The van der Waals surface area contributed by atoms with Gasteiger partial charge in [-0.2, -0.15) is 5.10 Å². The monoisotopic (exact) mass is 276 g/mol. The van der Waals surface area contributed by atoms with Gasteiger partial charge in [0.1, 0.15) is 17.7 Å². The predicted molar refractivity (Wildman–Crippen MR) is 72.0 cm³/mol. The van der Waals surface area contributed by atoms with Crippen LogP contribution in [0.3, 0.4) is 0 Å². The Hall–Kier alpha value is -1.88.